The third-order valence-corrected chi connectivity index (χ3v) is 2.59. The van der Waals surface area contributed by atoms with E-state index < -0.39 is 0 Å². The minimum atomic E-state index is 0.00660. The van der Waals surface area contributed by atoms with Gasteiger partial charge in [-0.1, -0.05) is 45.8 Å². The maximum absolute atomic E-state index is 8.73. The highest BCUT2D eigenvalue weighted by Gasteiger charge is 2.25. The number of aliphatic hydroxyl groups excluding tert-OH is 1. The molecule has 0 aliphatic rings. The highest BCUT2D eigenvalue weighted by molar-refractivity contribution is 4.99. The summed E-state index contributed by atoms with van der Waals surface area (Å²) in [6.45, 7) is 6.57. The van der Waals surface area contributed by atoms with Crippen molar-refractivity contribution in [2.45, 2.75) is 46.1 Å². The molecule has 0 bridgehead atoms. The number of methoxy groups -OCH3 is 1. The van der Waals surface area contributed by atoms with Gasteiger partial charge >= 0.3 is 0 Å². The van der Waals surface area contributed by atoms with Crippen molar-refractivity contribution in [3.63, 3.8) is 0 Å². The fourth-order valence-corrected chi connectivity index (χ4v) is 1.65. The first kappa shape index (κ1) is 13.7. The molecule has 0 saturated carbocycles. The van der Waals surface area contributed by atoms with Gasteiger partial charge in [0.15, 0.2) is 0 Å². The monoisotopic (exact) mass is 200 g/mol. The number of aliphatic hydroxyl groups is 1. The second-order valence-corrected chi connectivity index (χ2v) is 4.27. The molecule has 2 nitrogen and oxygen atoms in total. The molecule has 1 unspecified atom stereocenters. The molecule has 0 spiro atoms. The van der Waals surface area contributed by atoms with Gasteiger partial charge in [0.05, 0.1) is 12.7 Å². The van der Waals surface area contributed by atoms with Crippen molar-refractivity contribution in [1.82, 2.24) is 0 Å². The lowest BCUT2D eigenvalue weighted by Crippen LogP contribution is -2.29. The summed E-state index contributed by atoms with van der Waals surface area (Å²) in [5.74, 6) is 0. The van der Waals surface area contributed by atoms with Gasteiger partial charge in [-0.15, -0.1) is 0 Å². The van der Waals surface area contributed by atoms with E-state index in [-0.39, 0.29) is 18.1 Å². The molecule has 0 aromatic rings. The van der Waals surface area contributed by atoms with Crippen LogP contribution < -0.4 is 0 Å². The Morgan fingerprint density at radius 3 is 2.50 bits per heavy atom. The van der Waals surface area contributed by atoms with Crippen molar-refractivity contribution in [2.24, 2.45) is 5.41 Å². The molecule has 0 aromatic heterocycles. The highest BCUT2D eigenvalue weighted by atomic mass is 16.5. The molecular weight excluding hydrogens is 176 g/mol. The molecule has 2 heteroatoms. The van der Waals surface area contributed by atoms with Crippen molar-refractivity contribution >= 4 is 0 Å². The van der Waals surface area contributed by atoms with Crippen LogP contribution in [0.4, 0.5) is 0 Å². The molecule has 0 heterocycles. The Balaban J connectivity index is 4.24. The van der Waals surface area contributed by atoms with Crippen molar-refractivity contribution in [2.75, 3.05) is 13.7 Å². The van der Waals surface area contributed by atoms with Gasteiger partial charge in [0.1, 0.15) is 0 Å². The zero-order valence-electron chi connectivity index (χ0n) is 9.92. The van der Waals surface area contributed by atoms with Gasteiger partial charge < -0.3 is 9.84 Å². The van der Waals surface area contributed by atoms with E-state index in [4.69, 9.17) is 9.84 Å². The van der Waals surface area contributed by atoms with Crippen molar-refractivity contribution < 1.29 is 9.84 Å². The molecule has 0 aliphatic heterocycles. The fourth-order valence-electron chi connectivity index (χ4n) is 1.65. The molecule has 1 atom stereocenters. The average Bonchev–Trinajstić information content (AvgIpc) is 2.16. The number of rotatable bonds is 7. The minimum Gasteiger partial charge on any atom is -0.392 e. The topological polar surface area (TPSA) is 29.5 Å². The Kier molecular flexibility index (Phi) is 6.85. The zero-order chi connectivity index (χ0) is 11.0. The van der Waals surface area contributed by atoms with Crippen LogP contribution >= 0.6 is 0 Å². The van der Waals surface area contributed by atoms with Crippen molar-refractivity contribution in [3.05, 3.63) is 12.2 Å². The lowest BCUT2D eigenvalue weighted by molar-refractivity contribution is 0.0233. The molecule has 0 fully saturated rings. The standard InChI is InChI=1S/C12H24O2/c1-5-6-8-11(14-4)12(2,3)9-7-10-13/h7,9,11,13H,5-6,8,10H2,1-4H3. The predicted octanol–water partition coefficient (Wildman–Crippen LogP) is 2.77. The summed E-state index contributed by atoms with van der Waals surface area (Å²) >= 11 is 0. The van der Waals surface area contributed by atoms with Crippen LogP contribution in [0.3, 0.4) is 0 Å². The predicted molar refractivity (Wildman–Crippen MR) is 60.3 cm³/mol. The van der Waals surface area contributed by atoms with Gasteiger partial charge in [0.25, 0.3) is 0 Å². The summed E-state index contributed by atoms with van der Waals surface area (Å²) in [7, 11) is 1.76. The summed E-state index contributed by atoms with van der Waals surface area (Å²) in [6.07, 6.45) is 7.53. The second-order valence-electron chi connectivity index (χ2n) is 4.27. The van der Waals surface area contributed by atoms with E-state index in [1.807, 2.05) is 6.08 Å². The summed E-state index contributed by atoms with van der Waals surface area (Å²) in [6, 6.07) is 0. The maximum Gasteiger partial charge on any atom is 0.0656 e. The van der Waals surface area contributed by atoms with E-state index in [0.29, 0.717) is 0 Å². The lowest BCUT2D eigenvalue weighted by atomic mass is 9.83. The average molecular weight is 200 g/mol. The van der Waals surface area contributed by atoms with Gasteiger partial charge in [-0.05, 0) is 6.42 Å². The molecule has 14 heavy (non-hydrogen) atoms. The Labute approximate surface area is 88.0 Å². The van der Waals surface area contributed by atoms with Crippen LogP contribution in [0.1, 0.15) is 40.0 Å². The summed E-state index contributed by atoms with van der Waals surface area (Å²) in [5.41, 5.74) is 0.00660. The van der Waals surface area contributed by atoms with Crippen LogP contribution in [0.2, 0.25) is 0 Å². The van der Waals surface area contributed by atoms with Crippen molar-refractivity contribution in [1.29, 1.82) is 0 Å². The number of unbranched alkanes of at least 4 members (excludes halogenated alkanes) is 1. The van der Waals surface area contributed by atoms with Gasteiger partial charge in [-0.2, -0.15) is 0 Å². The van der Waals surface area contributed by atoms with E-state index in [1.54, 1.807) is 13.2 Å². The first-order valence-corrected chi connectivity index (χ1v) is 5.39. The van der Waals surface area contributed by atoms with Crippen LogP contribution in [0.25, 0.3) is 0 Å². The molecular formula is C12H24O2. The molecule has 0 aromatic carbocycles. The molecule has 84 valence electrons. The highest BCUT2D eigenvalue weighted by Crippen LogP contribution is 2.28. The van der Waals surface area contributed by atoms with Crippen LogP contribution in [0, 0.1) is 5.41 Å². The first-order valence-electron chi connectivity index (χ1n) is 5.39. The van der Waals surface area contributed by atoms with Crippen LogP contribution in [0.5, 0.6) is 0 Å². The third kappa shape index (κ3) is 4.77. The van der Waals surface area contributed by atoms with E-state index in [1.165, 1.54) is 12.8 Å². The maximum atomic E-state index is 8.73. The smallest absolute Gasteiger partial charge is 0.0656 e. The normalized spacial score (nSPS) is 14.9. The van der Waals surface area contributed by atoms with E-state index in [2.05, 4.69) is 20.8 Å². The summed E-state index contributed by atoms with van der Waals surface area (Å²) < 4.78 is 5.48. The molecule has 0 amide bonds. The number of ether oxygens (including phenoxy) is 1. The molecule has 0 rings (SSSR count). The Hall–Kier alpha value is -0.340. The largest absolute Gasteiger partial charge is 0.392 e. The quantitative estimate of drug-likeness (QED) is 0.640. The number of hydrogen-bond donors (Lipinski definition) is 1. The Bertz CT molecular complexity index is 162. The summed E-state index contributed by atoms with van der Waals surface area (Å²) in [4.78, 5) is 0. The number of hydrogen-bond acceptors (Lipinski definition) is 2. The Morgan fingerprint density at radius 1 is 1.43 bits per heavy atom. The van der Waals surface area contributed by atoms with Crippen LogP contribution in [-0.4, -0.2) is 24.9 Å². The third-order valence-electron chi connectivity index (χ3n) is 2.59. The Morgan fingerprint density at radius 2 is 2.07 bits per heavy atom. The molecule has 0 saturated heterocycles. The molecule has 1 N–H and O–H groups in total. The summed E-state index contributed by atoms with van der Waals surface area (Å²) in [5, 5.41) is 8.73. The zero-order valence-corrected chi connectivity index (χ0v) is 9.92. The second kappa shape index (κ2) is 7.02. The van der Waals surface area contributed by atoms with Crippen LogP contribution in [0.15, 0.2) is 12.2 Å². The first-order chi connectivity index (χ1) is 6.58. The van der Waals surface area contributed by atoms with Gasteiger partial charge in [0, 0.05) is 12.5 Å². The lowest BCUT2D eigenvalue weighted by Gasteiger charge is -2.30. The van der Waals surface area contributed by atoms with E-state index >= 15 is 0 Å². The fraction of sp³-hybridized carbons (Fsp3) is 0.833. The van der Waals surface area contributed by atoms with E-state index in [0.717, 1.165) is 6.42 Å². The van der Waals surface area contributed by atoms with Gasteiger partial charge in [0.2, 0.25) is 0 Å². The van der Waals surface area contributed by atoms with Crippen LogP contribution in [-0.2, 0) is 4.74 Å². The molecule has 0 aliphatic carbocycles. The van der Waals surface area contributed by atoms with E-state index in [9.17, 15) is 0 Å². The minimum absolute atomic E-state index is 0.00660. The van der Waals surface area contributed by atoms with Gasteiger partial charge in [-0.3, -0.25) is 0 Å². The SMILES string of the molecule is CCCCC(OC)C(C)(C)C=CCO. The molecule has 0 radical (unpaired) electrons. The van der Waals surface area contributed by atoms with Crippen molar-refractivity contribution in [3.8, 4) is 0 Å². The van der Waals surface area contributed by atoms with Gasteiger partial charge in [-0.25, -0.2) is 0 Å².